The molecule has 20 heavy (non-hydrogen) atoms. The van der Waals surface area contributed by atoms with Crippen LogP contribution in [0.3, 0.4) is 0 Å². The van der Waals surface area contributed by atoms with Crippen molar-refractivity contribution in [1.29, 1.82) is 5.26 Å². The Morgan fingerprint density at radius 1 is 1.40 bits per heavy atom. The Kier molecular flexibility index (Phi) is 5.10. The van der Waals surface area contributed by atoms with E-state index >= 15 is 0 Å². The van der Waals surface area contributed by atoms with E-state index in [9.17, 15) is 0 Å². The molecular weight excluding hydrogens is 276 g/mol. The van der Waals surface area contributed by atoms with Crippen molar-refractivity contribution in [2.45, 2.75) is 25.8 Å². The number of nitriles is 1. The van der Waals surface area contributed by atoms with Crippen LogP contribution in [0.5, 0.6) is 0 Å². The summed E-state index contributed by atoms with van der Waals surface area (Å²) in [4.78, 5) is 4.36. The van der Waals surface area contributed by atoms with Crippen LogP contribution in [0.25, 0.3) is 11.4 Å². The fraction of sp³-hybridized carbons (Fsp3) is 0.357. The smallest absolute Gasteiger partial charge is 0.243 e. The van der Waals surface area contributed by atoms with E-state index in [1.165, 1.54) is 0 Å². The topological polar surface area (TPSA) is 74.7 Å². The molecule has 1 atom stereocenters. The normalized spacial score (nSPS) is 12.1. The number of hydrogen-bond donors (Lipinski definition) is 1. The molecule has 6 heteroatoms. The molecule has 0 radical (unpaired) electrons. The number of nitrogens with one attached hydrogen (secondary N) is 1. The maximum Gasteiger partial charge on any atom is 0.243 e. The number of nitrogens with zero attached hydrogens (tertiary/aromatic N) is 3. The molecule has 0 spiro atoms. The molecule has 2 aromatic rings. The van der Waals surface area contributed by atoms with Crippen LogP contribution in [0.2, 0.25) is 5.02 Å². The molecule has 1 unspecified atom stereocenters. The number of rotatable bonds is 6. The minimum atomic E-state index is -0.0396. The van der Waals surface area contributed by atoms with E-state index in [1.807, 2.05) is 19.1 Å². The van der Waals surface area contributed by atoms with Gasteiger partial charge in [-0.15, -0.1) is 0 Å². The van der Waals surface area contributed by atoms with E-state index in [-0.39, 0.29) is 6.04 Å². The van der Waals surface area contributed by atoms with Crippen molar-refractivity contribution in [2.75, 3.05) is 6.54 Å². The first-order valence-corrected chi connectivity index (χ1v) is 6.78. The summed E-state index contributed by atoms with van der Waals surface area (Å²) < 4.78 is 5.25. The Morgan fingerprint density at radius 3 is 2.85 bits per heavy atom. The molecule has 1 N–H and O–H groups in total. The molecule has 0 aliphatic rings. The summed E-state index contributed by atoms with van der Waals surface area (Å²) in [5.74, 6) is 1.08. The van der Waals surface area contributed by atoms with Gasteiger partial charge in [-0.25, -0.2) is 0 Å². The first kappa shape index (κ1) is 14.5. The highest BCUT2D eigenvalue weighted by atomic mass is 35.5. The van der Waals surface area contributed by atoms with Crippen LogP contribution in [0.1, 0.15) is 31.7 Å². The summed E-state index contributed by atoms with van der Waals surface area (Å²) >= 11 is 5.84. The molecule has 5 nitrogen and oxygen atoms in total. The van der Waals surface area contributed by atoms with Gasteiger partial charge in [0, 0.05) is 17.0 Å². The number of benzene rings is 1. The lowest BCUT2D eigenvalue weighted by Crippen LogP contribution is -2.20. The molecule has 1 aromatic carbocycles. The molecule has 2 rings (SSSR count). The lowest BCUT2D eigenvalue weighted by atomic mass is 10.2. The molecule has 104 valence electrons. The first-order chi connectivity index (χ1) is 9.70. The van der Waals surface area contributed by atoms with Gasteiger partial charge in [0.05, 0.1) is 12.1 Å². The third-order valence-electron chi connectivity index (χ3n) is 2.83. The predicted molar refractivity (Wildman–Crippen MR) is 76.0 cm³/mol. The quantitative estimate of drug-likeness (QED) is 0.826. The van der Waals surface area contributed by atoms with Crippen molar-refractivity contribution in [3.05, 3.63) is 35.2 Å². The highest BCUT2D eigenvalue weighted by Crippen LogP contribution is 2.20. The molecule has 1 heterocycles. The molecular formula is C14H15ClN4O. The first-order valence-electron chi connectivity index (χ1n) is 6.40. The molecule has 0 aliphatic carbocycles. The van der Waals surface area contributed by atoms with Crippen LogP contribution >= 0.6 is 11.6 Å². The van der Waals surface area contributed by atoms with Gasteiger partial charge in [0.15, 0.2) is 0 Å². The van der Waals surface area contributed by atoms with Crippen LogP contribution in [0, 0.1) is 11.3 Å². The van der Waals surface area contributed by atoms with Crippen molar-refractivity contribution in [1.82, 2.24) is 15.5 Å². The molecule has 0 saturated heterocycles. The van der Waals surface area contributed by atoms with Gasteiger partial charge in [-0.1, -0.05) is 16.8 Å². The SMILES string of the molecule is CC(NCCCC#N)c1nc(-c2ccc(Cl)cc2)no1. The van der Waals surface area contributed by atoms with Crippen LogP contribution < -0.4 is 5.32 Å². The van der Waals surface area contributed by atoms with E-state index < -0.39 is 0 Å². The van der Waals surface area contributed by atoms with Crippen LogP contribution in [-0.4, -0.2) is 16.7 Å². The number of aromatic nitrogens is 2. The molecule has 0 saturated carbocycles. The fourth-order valence-electron chi connectivity index (χ4n) is 1.70. The van der Waals surface area contributed by atoms with Crippen LogP contribution in [-0.2, 0) is 0 Å². The molecule has 0 aliphatic heterocycles. The molecule has 0 fully saturated rings. The van der Waals surface area contributed by atoms with Crippen molar-refractivity contribution in [2.24, 2.45) is 0 Å². The zero-order chi connectivity index (χ0) is 14.4. The summed E-state index contributed by atoms with van der Waals surface area (Å²) in [7, 11) is 0. The van der Waals surface area contributed by atoms with Crippen molar-refractivity contribution < 1.29 is 4.52 Å². The van der Waals surface area contributed by atoms with Gasteiger partial charge >= 0.3 is 0 Å². The highest BCUT2D eigenvalue weighted by Gasteiger charge is 2.14. The zero-order valence-corrected chi connectivity index (χ0v) is 11.9. The monoisotopic (exact) mass is 290 g/mol. The lowest BCUT2D eigenvalue weighted by Gasteiger charge is -2.07. The van der Waals surface area contributed by atoms with Gasteiger partial charge in [-0.05, 0) is 44.2 Å². The van der Waals surface area contributed by atoms with Crippen LogP contribution in [0.15, 0.2) is 28.8 Å². The highest BCUT2D eigenvalue weighted by molar-refractivity contribution is 6.30. The summed E-state index contributed by atoms with van der Waals surface area (Å²) in [5.41, 5.74) is 0.862. The summed E-state index contributed by atoms with van der Waals surface area (Å²) in [6.07, 6.45) is 1.35. The fourth-order valence-corrected chi connectivity index (χ4v) is 1.83. The number of hydrogen-bond acceptors (Lipinski definition) is 5. The van der Waals surface area contributed by atoms with E-state index in [2.05, 4.69) is 21.5 Å². The second kappa shape index (κ2) is 7.04. The second-order valence-corrected chi connectivity index (χ2v) is 4.84. The zero-order valence-electron chi connectivity index (χ0n) is 11.1. The third kappa shape index (κ3) is 3.80. The van der Waals surface area contributed by atoms with Gasteiger partial charge in [-0.3, -0.25) is 0 Å². The maximum absolute atomic E-state index is 8.47. The third-order valence-corrected chi connectivity index (χ3v) is 3.08. The average molecular weight is 291 g/mol. The molecule has 1 aromatic heterocycles. The minimum absolute atomic E-state index is 0.0396. The molecule has 0 bridgehead atoms. The largest absolute Gasteiger partial charge is 0.337 e. The van der Waals surface area contributed by atoms with Gasteiger partial charge in [0.25, 0.3) is 0 Å². The van der Waals surface area contributed by atoms with E-state index in [0.29, 0.717) is 23.2 Å². The summed E-state index contributed by atoms with van der Waals surface area (Å²) in [6, 6.07) is 9.34. The minimum Gasteiger partial charge on any atom is -0.337 e. The maximum atomic E-state index is 8.47. The number of halogens is 1. The molecule has 0 amide bonds. The van der Waals surface area contributed by atoms with E-state index in [4.69, 9.17) is 21.4 Å². The van der Waals surface area contributed by atoms with E-state index in [1.54, 1.807) is 12.1 Å². The number of unbranched alkanes of at least 4 members (excludes halogenated alkanes) is 1. The van der Waals surface area contributed by atoms with Gasteiger partial charge < -0.3 is 9.84 Å². The predicted octanol–water partition coefficient (Wildman–Crippen LogP) is 3.34. The Bertz CT molecular complexity index is 588. The summed E-state index contributed by atoms with van der Waals surface area (Å²) in [5, 5.41) is 16.3. The Labute approximate surface area is 122 Å². The Balaban J connectivity index is 1.98. The lowest BCUT2D eigenvalue weighted by molar-refractivity contribution is 0.339. The van der Waals surface area contributed by atoms with Gasteiger partial charge in [0.1, 0.15) is 0 Å². The van der Waals surface area contributed by atoms with Gasteiger partial charge in [0.2, 0.25) is 11.7 Å². The van der Waals surface area contributed by atoms with Crippen molar-refractivity contribution in [3.8, 4) is 17.5 Å². The van der Waals surface area contributed by atoms with Gasteiger partial charge in [-0.2, -0.15) is 10.2 Å². The van der Waals surface area contributed by atoms with E-state index in [0.717, 1.165) is 18.5 Å². The Morgan fingerprint density at radius 2 is 2.15 bits per heavy atom. The van der Waals surface area contributed by atoms with Crippen molar-refractivity contribution in [3.63, 3.8) is 0 Å². The Hall–Kier alpha value is -1.90. The summed E-state index contributed by atoms with van der Waals surface area (Å²) in [6.45, 7) is 2.69. The average Bonchev–Trinajstić information content (AvgIpc) is 2.94. The van der Waals surface area contributed by atoms with Crippen LogP contribution in [0.4, 0.5) is 0 Å². The second-order valence-electron chi connectivity index (χ2n) is 4.40. The van der Waals surface area contributed by atoms with Crippen molar-refractivity contribution >= 4 is 11.6 Å². The standard InChI is InChI=1S/C14H15ClN4O/c1-10(17-9-3-2-8-16)14-18-13(19-20-14)11-4-6-12(15)7-5-11/h4-7,10,17H,2-3,9H2,1H3.